The van der Waals surface area contributed by atoms with Crippen molar-refractivity contribution in [1.29, 1.82) is 0 Å². The van der Waals surface area contributed by atoms with Gasteiger partial charge in [0.15, 0.2) is 0 Å². The van der Waals surface area contributed by atoms with Crippen molar-refractivity contribution in [2.45, 2.75) is 45.6 Å². The maximum atomic E-state index is 11.6. The molecule has 3 nitrogen and oxygen atoms in total. The first-order chi connectivity index (χ1) is 6.99. The summed E-state index contributed by atoms with van der Waals surface area (Å²) in [5, 5.41) is 3.22. The summed E-state index contributed by atoms with van der Waals surface area (Å²) in [5.41, 5.74) is 0.571. The summed E-state index contributed by atoms with van der Waals surface area (Å²) in [6, 6.07) is -0.0536. The average molecular weight is 211 g/mol. The quantitative estimate of drug-likeness (QED) is 0.671. The molecule has 2 aliphatic rings. The van der Waals surface area contributed by atoms with Crippen molar-refractivity contribution in [3.05, 3.63) is 0 Å². The van der Waals surface area contributed by atoms with Crippen LogP contribution >= 0.6 is 0 Å². The van der Waals surface area contributed by atoms with Gasteiger partial charge in [0.2, 0.25) is 0 Å². The monoisotopic (exact) mass is 211 g/mol. The molecule has 2 atom stereocenters. The van der Waals surface area contributed by atoms with Crippen LogP contribution in [-0.4, -0.2) is 25.7 Å². The zero-order chi connectivity index (χ0) is 11.1. The zero-order valence-electron chi connectivity index (χ0n) is 9.93. The summed E-state index contributed by atoms with van der Waals surface area (Å²) >= 11 is 0. The van der Waals surface area contributed by atoms with E-state index in [0.29, 0.717) is 5.41 Å². The van der Waals surface area contributed by atoms with Crippen LogP contribution in [0.25, 0.3) is 0 Å². The molecule has 0 bridgehead atoms. The van der Waals surface area contributed by atoms with Crippen LogP contribution in [0.4, 0.5) is 0 Å². The minimum atomic E-state index is -0.0843. The Morgan fingerprint density at radius 1 is 1.40 bits per heavy atom. The summed E-state index contributed by atoms with van der Waals surface area (Å²) in [4.78, 5) is 11.6. The fourth-order valence-corrected chi connectivity index (χ4v) is 3.39. The highest BCUT2D eigenvalue weighted by Crippen LogP contribution is 2.51. The highest BCUT2D eigenvalue weighted by atomic mass is 16.5. The van der Waals surface area contributed by atoms with Gasteiger partial charge in [0.25, 0.3) is 0 Å². The third-order valence-electron chi connectivity index (χ3n) is 4.07. The van der Waals surface area contributed by atoms with Gasteiger partial charge in [-0.05, 0) is 24.7 Å². The van der Waals surface area contributed by atoms with Gasteiger partial charge in [-0.25, -0.2) is 0 Å². The summed E-state index contributed by atoms with van der Waals surface area (Å²) < 4.78 is 4.85. The Morgan fingerprint density at radius 2 is 2.13 bits per heavy atom. The Labute approximate surface area is 91.6 Å². The summed E-state index contributed by atoms with van der Waals surface area (Å²) in [7, 11) is 1.48. The Morgan fingerprint density at radius 3 is 2.60 bits per heavy atom. The van der Waals surface area contributed by atoms with E-state index in [2.05, 4.69) is 19.2 Å². The van der Waals surface area contributed by atoms with E-state index in [1.807, 2.05) is 0 Å². The molecule has 0 amide bonds. The second kappa shape index (κ2) is 3.48. The number of rotatable bonds is 1. The van der Waals surface area contributed by atoms with Crippen molar-refractivity contribution in [3.8, 4) is 0 Å². The van der Waals surface area contributed by atoms with E-state index in [9.17, 15) is 4.79 Å². The van der Waals surface area contributed by atoms with Crippen LogP contribution in [0.1, 0.15) is 39.5 Å². The van der Waals surface area contributed by atoms with Crippen molar-refractivity contribution in [2.24, 2.45) is 10.8 Å². The van der Waals surface area contributed by atoms with Crippen LogP contribution in [0, 0.1) is 10.8 Å². The Bertz CT molecular complexity index is 275. The van der Waals surface area contributed by atoms with Gasteiger partial charge in [-0.2, -0.15) is 0 Å². The molecule has 1 saturated heterocycles. The molecule has 0 unspecified atom stereocenters. The molecule has 2 rings (SSSR count). The number of esters is 1. The predicted molar refractivity (Wildman–Crippen MR) is 58.5 cm³/mol. The van der Waals surface area contributed by atoms with Crippen molar-refractivity contribution in [1.82, 2.24) is 5.32 Å². The van der Waals surface area contributed by atoms with Crippen LogP contribution in [0.3, 0.4) is 0 Å². The molecule has 1 N–H and O–H groups in total. The van der Waals surface area contributed by atoms with E-state index < -0.39 is 0 Å². The van der Waals surface area contributed by atoms with Crippen LogP contribution in [0.2, 0.25) is 0 Å². The number of hydrogen-bond acceptors (Lipinski definition) is 3. The highest BCUT2D eigenvalue weighted by Gasteiger charge is 2.54. The number of carbonyl (C=O) groups excluding carboxylic acids is 1. The minimum absolute atomic E-state index is 0.0536. The maximum absolute atomic E-state index is 11.6. The molecule has 0 aromatic rings. The smallest absolute Gasteiger partial charge is 0.323 e. The maximum Gasteiger partial charge on any atom is 0.323 e. The van der Waals surface area contributed by atoms with Gasteiger partial charge in [0.05, 0.1) is 7.11 Å². The first-order valence-electron chi connectivity index (χ1n) is 5.80. The van der Waals surface area contributed by atoms with Crippen LogP contribution < -0.4 is 5.32 Å². The number of carbonyl (C=O) groups is 1. The Hall–Kier alpha value is -0.570. The zero-order valence-corrected chi connectivity index (χ0v) is 9.93. The molecular weight excluding hydrogens is 190 g/mol. The Kier molecular flexibility index (Phi) is 2.53. The number of hydrogen-bond donors (Lipinski definition) is 1. The van der Waals surface area contributed by atoms with E-state index in [-0.39, 0.29) is 17.4 Å². The van der Waals surface area contributed by atoms with Gasteiger partial charge >= 0.3 is 5.97 Å². The van der Waals surface area contributed by atoms with Gasteiger partial charge in [0, 0.05) is 12.0 Å². The molecule has 0 aromatic carbocycles. The van der Waals surface area contributed by atoms with Crippen LogP contribution in [-0.2, 0) is 9.53 Å². The van der Waals surface area contributed by atoms with Crippen LogP contribution in [0.5, 0.6) is 0 Å². The average Bonchev–Trinajstić information content (AvgIpc) is 2.14. The highest BCUT2D eigenvalue weighted by molar-refractivity contribution is 5.78. The molecule has 1 aliphatic heterocycles. The fourth-order valence-electron chi connectivity index (χ4n) is 3.39. The third-order valence-corrected chi connectivity index (χ3v) is 4.07. The van der Waals surface area contributed by atoms with Crippen molar-refractivity contribution in [2.75, 3.05) is 13.7 Å². The van der Waals surface area contributed by atoms with Crippen molar-refractivity contribution >= 4 is 5.97 Å². The SMILES string of the molecule is COC(=O)[C@@H]1NC[C@@]12CCCC(C)(C)C2. The molecular formula is C12H21NO2. The molecule has 1 aliphatic carbocycles. The first-order valence-corrected chi connectivity index (χ1v) is 5.80. The second-order valence-corrected chi connectivity index (χ2v) is 5.89. The second-order valence-electron chi connectivity index (χ2n) is 5.89. The lowest BCUT2D eigenvalue weighted by Crippen LogP contribution is -2.68. The summed E-state index contributed by atoms with van der Waals surface area (Å²) in [6.45, 7) is 5.59. The topological polar surface area (TPSA) is 38.3 Å². The first kappa shape index (κ1) is 10.9. The molecule has 15 heavy (non-hydrogen) atoms. The molecule has 1 heterocycles. The molecule has 1 spiro atoms. The molecule has 86 valence electrons. The largest absolute Gasteiger partial charge is 0.468 e. The van der Waals surface area contributed by atoms with Crippen molar-refractivity contribution in [3.63, 3.8) is 0 Å². The van der Waals surface area contributed by atoms with Gasteiger partial charge in [-0.15, -0.1) is 0 Å². The lowest BCUT2D eigenvalue weighted by atomic mass is 9.57. The van der Waals surface area contributed by atoms with E-state index in [0.717, 1.165) is 13.0 Å². The van der Waals surface area contributed by atoms with Gasteiger partial charge in [-0.3, -0.25) is 4.79 Å². The Balaban J connectivity index is 2.10. The van der Waals surface area contributed by atoms with Crippen LogP contribution in [0.15, 0.2) is 0 Å². The summed E-state index contributed by atoms with van der Waals surface area (Å²) in [6.07, 6.45) is 4.83. The van der Waals surface area contributed by atoms with Crippen molar-refractivity contribution < 1.29 is 9.53 Å². The fraction of sp³-hybridized carbons (Fsp3) is 0.917. The lowest BCUT2D eigenvalue weighted by Gasteiger charge is -2.55. The van der Waals surface area contributed by atoms with E-state index in [1.165, 1.54) is 26.4 Å². The van der Waals surface area contributed by atoms with Gasteiger partial charge in [-0.1, -0.05) is 20.3 Å². The van der Waals surface area contributed by atoms with Gasteiger partial charge < -0.3 is 10.1 Å². The number of methoxy groups -OCH3 is 1. The van der Waals surface area contributed by atoms with E-state index in [1.54, 1.807) is 0 Å². The number of nitrogens with one attached hydrogen (secondary N) is 1. The lowest BCUT2D eigenvalue weighted by molar-refractivity contribution is -0.155. The molecule has 0 aromatic heterocycles. The molecule has 2 fully saturated rings. The third kappa shape index (κ3) is 1.78. The standard InChI is InChI=1S/C12H21NO2/c1-11(2)5-4-6-12(7-11)8-13-9(12)10(14)15-3/h9,13H,4-8H2,1-3H3/t9-,12-/m0/s1. The number of ether oxygens (including phenoxy) is 1. The summed E-state index contributed by atoms with van der Waals surface area (Å²) in [5.74, 6) is -0.0843. The van der Waals surface area contributed by atoms with Gasteiger partial charge in [0.1, 0.15) is 6.04 Å². The molecule has 0 radical (unpaired) electrons. The predicted octanol–water partition coefficient (Wildman–Crippen LogP) is 1.72. The van der Waals surface area contributed by atoms with E-state index in [4.69, 9.17) is 4.74 Å². The minimum Gasteiger partial charge on any atom is -0.468 e. The molecule has 1 saturated carbocycles. The molecule has 3 heteroatoms. The normalized spacial score (nSPS) is 38.5. The van der Waals surface area contributed by atoms with E-state index >= 15 is 0 Å².